The summed E-state index contributed by atoms with van der Waals surface area (Å²) in [5.41, 5.74) is 4.48. The molecule has 0 aromatic carbocycles. The molecule has 0 heterocycles. The van der Waals surface area contributed by atoms with Gasteiger partial charge in [0.15, 0.2) is 0 Å². The van der Waals surface area contributed by atoms with Gasteiger partial charge in [-0.05, 0) is 60.6 Å². The molecule has 220 valence electrons. The minimum atomic E-state index is -0.525. The molecule has 37 heavy (non-hydrogen) atoms. The molecular weight excluding hydrogens is 492 g/mol. The molecule has 0 fully saturated rings. The van der Waals surface area contributed by atoms with Crippen LogP contribution < -0.4 is 32.3 Å². The third-order valence-corrected chi connectivity index (χ3v) is 5.96. The summed E-state index contributed by atoms with van der Waals surface area (Å²) in [4.78, 5) is 23.8. The molecule has 0 rings (SSSR count). The van der Waals surface area contributed by atoms with Crippen molar-refractivity contribution in [2.24, 2.45) is 5.73 Å². The highest BCUT2D eigenvalue weighted by Crippen LogP contribution is 2.19. The van der Waals surface area contributed by atoms with Gasteiger partial charge < -0.3 is 41.8 Å². The van der Waals surface area contributed by atoms with E-state index < -0.39 is 11.2 Å². The maximum Gasteiger partial charge on any atom is 0.222 e. The standard InChI is InChI=1S/C26H56N6O4S/c1-21(18-28-13-11-27)31-19-24(2,3)32-15-14-30-22(33)8-16-35-26(6,7)20-36-25(4,5)10-12-29-23(34)9-17-37/h21,28,31-32,37H,8-20,27H2,1-7H3,(H,29,34)(H,30,33). The number of amides is 2. The number of nitrogens with two attached hydrogens (primary N) is 1. The van der Waals surface area contributed by atoms with Crippen LogP contribution in [0.2, 0.25) is 0 Å². The van der Waals surface area contributed by atoms with Crippen LogP contribution in [-0.2, 0) is 19.1 Å². The molecule has 0 aliphatic heterocycles. The molecule has 0 bridgehead atoms. The Kier molecular flexibility index (Phi) is 18.7. The van der Waals surface area contributed by atoms with Gasteiger partial charge in [0.1, 0.15) is 0 Å². The fraction of sp³-hybridized carbons (Fsp3) is 0.923. The minimum Gasteiger partial charge on any atom is -0.373 e. The normalized spacial score (nSPS) is 13.4. The summed E-state index contributed by atoms with van der Waals surface area (Å²) in [5.74, 6) is 0.503. The Labute approximate surface area is 231 Å². The molecule has 10 nitrogen and oxygen atoms in total. The van der Waals surface area contributed by atoms with Gasteiger partial charge in [0.05, 0.1) is 24.4 Å². The molecule has 0 aliphatic carbocycles. The average molecular weight is 549 g/mol. The molecule has 0 aromatic rings. The Bertz CT molecular complexity index is 634. The van der Waals surface area contributed by atoms with Crippen LogP contribution >= 0.6 is 12.6 Å². The number of thiol groups is 1. The molecule has 0 saturated carbocycles. The van der Waals surface area contributed by atoms with E-state index in [1.807, 2.05) is 27.7 Å². The first-order chi connectivity index (χ1) is 17.2. The zero-order valence-electron chi connectivity index (χ0n) is 24.4. The van der Waals surface area contributed by atoms with Crippen LogP contribution in [0.25, 0.3) is 0 Å². The van der Waals surface area contributed by atoms with Crippen molar-refractivity contribution in [3.05, 3.63) is 0 Å². The van der Waals surface area contributed by atoms with Gasteiger partial charge in [0.25, 0.3) is 0 Å². The molecule has 2 amide bonds. The molecule has 0 aromatic heterocycles. The van der Waals surface area contributed by atoms with E-state index in [1.54, 1.807) is 0 Å². The monoisotopic (exact) mass is 548 g/mol. The Morgan fingerprint density at radius 3 is 2.19 bits per heavy atom. The van der Waals surface area contributed by atoms with E-state index in [9.17, 15) is 9.59 Å². The number of carbonyl (C=O) groups excluding carboxylic acids is 2. The fourth-order valence-corrected chi connectivity index (χ4v) is 3.47. The number of hydrogen-bond donors (Lipinski definition) is 7. The fourth-order valence-electron chi connectivity index (χ4n) is 3.27. The van der Waals surface area contributed by atoms with Crippen molar-refractivity contribution in [1.29, 1.82) is 0 Å². The number of carbonyl (C=O) groups is 2. The summed E-state index contributed by atoms with van der Waals surface area (Å²) in [7, 11) is 0. The molecule has 0 radical (unpaired) electrons. The summed E-state index contributed by atoms with van der Waals surface area (Å²) in [6.45, 7) is 20.0. The van der Waals surface area contributed by atoms with Crippen molar-refractivity contribution in [2.75, 3.05) is 64.8 Å². The second-order valence-corrected chi connectivity index (χ2v) is 11.9. The summed E-state index contributed by atoms with van der Waals surface area (Å²) >= 11 is 4.07. The van der Waals surface area contributed by atoms with E-state index in [2.05, 4.69) is 60.0 Å². The van der Waals surface area contributed by atoms with Crippen LogP contribution in [0.5, 0.6) is 0 Å². The highest BCUT2D eigenvalue weighted by atomic mass is 32.1. The predicted octanol–water partition coefficient (Wildman–Crippen LogP) is 0.804. The Balaban J connectivity index is 4.04. The van der Waals surface area contributed by atoms with E-state index >= 15 is 0 Å². The molecule has 1 atom stereocenters. The Hall–Kier alpha value is -0.950. The zero-order valence-corrected chi connectivity index (χ0v) is 25.3. The first-order valence-corrected chi connectivity index (χ1v) is 14.2. The molecule has 0 saturated heterocycles. The van der Waals surface area contributed by atoms with Crippen molar-refractivity contribution < 1.29 is 19.1 Å². The number of ether oxygens (including phenoxy) is 2. The van der Waals surface area contributed by atoms with Crippen LogP contribution in [0.1, 0.15) is 67.7 Å². The third-order valence-electron chi connectivity index (χ3n) is 5.74. The first-order valence-electron chi connectivity index (χ1n) is 13.5. The molecule has 7 N–H and O–H groups in total. The van der Waals surface area contributed by atoms with Crippen LogP contribution in [0.3, 0.4) is 0 Å². The van der Waals surface area contributed by atoms with Gasteiger partial charge in [0.2, 0.25) is 11.8 Å². The van der Waals surface area contributed by atoms with Gasteiger partial charge in [-0.15, -0.1) is 0 Å². The highest BCUT2D eigenvalue weighted by molar-refractivity contribution is 7.80. The van der Waals surface area contributed by atoms with Crippen molar-refractivity contribution in [2.45, 2.75) is 90.5 Å². The first kappa shape index (κ1) is 36.0. The number of hydrogen-bond acceptors (Lipinski definition) is 9. The quantitative estimate of drug-likeness (QED) is 0.0735. The van der Waals surface area contributed by atoms with Gasteiger partial charge in [0, 0.05) is 70.2 Å². The number of nitrogens with one attached hydrogen (secondary N) is 5. The van der Waals surface area contributed by atoms with Crippen LogP contribution in [0.4, 0.5) is 0 Å². The van der Waals surface area contributed by atoms with Crippen molar-refractivity contribution in [3.63, 3.8) is 0 Å². The van der Waals surface area contributed by atoms with Crippen LogP contribution in [0, 0.1) is 0 Å². The molecular formula is C26H56N6O4S. The minimum absolute atomic E-state index is 0.00125. The highest BCUT2D eigenvalue weighted by Gasteiger charge is 2.26. The predicted molar refractivity (Wildman–Crippen MR) is 155 cm³/mol. The third kappa shape index (κ3) is 21.7. The van der Waals surface area contributed by atoms with Crippen LogP contribution in [-0.4, -0.2) is 99.4 Å². The van der Waals surface area contributed by atoms with E-state index in [0.29, 0.717) is 70.4 Å². The second-order valence-electron chi connectivity index (χ2n) is 11.4. The van der Waals surface area contributed by atoms with Gasteiger partial charge in [-0.1, -0.05) is 0 Å². The number of rotatable bonds is 23. The largest absolute Gasteiger partial charge is 0.373 e. The SMILES string of the molecule is CC(CNCCN)NCC(C)(C)NCCNC(=O)CCOC(C)(C)COC(C)(C)CCNC(=O)CCS. The van der Waals surface area contributed by atoms with E-state index in [1.165, 1.54) is 0 Å². The van der Waals surface area contributed by atoms with E-state index in [-0.39, 0.29) is 17.4 Å². The smallest absolute Gasteiger partial charge is 0.222 e. The summed E-state index contributed by atoms with van der Waals surface area (Å²) in [6.07, 6.45) is 1.40. The van der Waals surface area contributed by atoms with E-state index in [0.717, 1.165) is 19.6 Å². The lowest BCUT2D eigenvalue weighted by Gasteiger charge is -2.32. The lowest BCUT2D eigenvalue weighted by Crippen LogP contribution is -2.52. The summed E-state index contributed by atoms with van der Waals surface area (Å²) in [6, 6.07) is 0.351. The zero-order chi connectivity index (χ0) is 28.4. The van der Waals surface area contributed by atoms with E-state index in [4.69, 9.17) is 15.2 Å². The van der Waals surface area contributed by atoms with Crippen molar-refractivity contribution in [1.82, 2.24) is 26.6 Å². The van der Waals surface area contributed by atoms with Gasteiger partial charge >= 0.3 is 0 Å². The maximum absolute atomic E-state index is 12.2. The van der Waals surface area contributed by atoms with Gasteiger partial charge in [-0.3, -0.25) is 9.59 Å². The Morgan fingerprint density at radius 1 is 0.892 bits per heavy atom. The summed E-state index contributed by atoms with van der Waals surface area (Å²) < 4.78 is 12.0. The second kappa shape index (κ2) is 19.2. The molecule has 0 spiro atoms. The summed E-state index contributed by atoms with van der Waals surface area (Å²) in [5, 5.41) is 16.1. The maximum atomic E-state index is 12.2. The average Bonchev–Trinajstić information content (AvgIpc) is 2.80. The van der Waals surface area contributed by atoms with Crippen molar-refractivity contribution in [3.8, 4) is 0 Å². The van der Waals surface area contributed by atoms with Crippen LogP contribution in [0.15, 0.2) is 0 Å². The molecule has 1 unspecified atom stereocenters. The van der Waals surface area contributed by atoms with Gasteiger partial charge in [-0.2, -0.15) is 12.6 Å². The van der Waals surface area contributed by atoms with Gasteiger partial charge in [-0.25, -0.2) is 0 Å². The molecule has 0 aliphatic rings. The molecule has 11 heteroatoms. The Morgan fingerprint density at radius 2 is 1.54 bits per heavy atom. The topological polar surface area (TPSA) is 139 Å². The van der Waals surface area contributed by atoms with Crippen molar-refractivity contribution >= 4 is 24.4 Å². The lowest BCUT2D eigenvalue weighted by molar-refractivity contribution is -0.133. The lowest BCUT2D eigenvalue weighted by atomic mass is 10.0.